The highest BCUT2D eigenvalue weighted by Gasteiger charge is 2.15. The number of unbranched alkanes of at least 4 members (excludes halogenated alkanes) is 2. The molecule has 2 aromatic heterocycles. The molecule has 0 spiro atoms. The fourth-order valence-corrected chi connectivity index (χ4v) is 4.21. The largest absolute Gasteiger partial charge is 0.372 e. The van der Waals surface area contributed by atoms with Crippen LogP contribution in [0.1, 0.15) is 54.7 Å². The third kappa shape index (κ3) is 5.28. The number of hydrogen-bond acceptors (Lipinski definition) is 4. The zero-order valence-electron chi connectivity index (χ0n) is 18.6. The van der Waals surface area contributed by atoms with E-state index in [9.17, 15) is 9.59 Å². The molecule has 0 bridgehead atoms. The van der Waals surface area contributed by atoms with Gasteiger partial charge in [-0.15, -0.1) is 0 Å². The number of pyridine rings is 1. The van der Waals surface area contributed by atoms with Crippen LogP contribution in [-0.4, -0.2) is 40.8 Å². The van der Waals surface area contributed by atoms with Crippen molar-refractivity contribution in [2.75, 3.05) is 29.9 Å². The van der Waals surface area contributed by atoms with Gasteiger partial charge in [0.15, 0.2) is 0 Å². The smallest absolute Gasteiger partial charge is 0.270 e. The maximum atomic E-state index is 12.6. The van der Waals surface area contributed by atoms with E-state index < -0.39 is 0 Å². The molecular formula is C25H31N5O2. The molecule has 7 heteroatoms. The second-order valence-electron chi connectivity index (χ2n) is 8.33. The minimum absolute atomic E-state index is 0.0318. The Labute approximate surface area is 188 Å². The van der Waals surface area contributed by atoms with E-state index in [2.05, 4.69) is 32.7 Å². The van der Waals surface area contributed by atoms with Crippen molar-refractivity contribution in [3.05, 3.63) is 60.0 Å². The van der Waals surface area contributed by atoms with Crippen LogP contribution in [0.3, 0.4) is 0 Å². The molecule has 4 rings (SSSR count). The molecule has 3 heterocycles. The van der Waals surface area contributed by atoms with Crippen LogP contribution in [0.5, 0.6) is 0 Å². The summed E-state index contributed by atoms with van der Waals surface area (Å²) in [6.45, 7) is 4.66. The van der Waals surface area contributed by atoms with E-state index in [1.54, 1.807) is 0 Å². The predicted molar refractivity (Wildman–Crippen MR) is 127 cm³/mol. The number of carbonyl (C=O) groups excluding carboxylic acids is 2. The molecule has 1 saturated heterocycles. The van der Waals surface area contributed by atoms with E-state index in [-0.39, 0.29) is 11.8 Å². The number of rotatable bonds is 9. The van der Waals surface area contributed by atoms with Gasteiger partial charge < -0.3 is 15.5 Å². The third-order valence-corrected chi connectivity index (χ3v) is 5.91. The molecule has 0 radical (unpaired) electrons. The molecule has 32 heavy (non-hydrogen) atoms. The summed E-state index contributed by atoms with van der Waals surface area (Å²) in [4.78, 5) is 31.6. The predicted octanol–water partition coefficient (Wildman–Crippen LogP) is 4.17. The van der Waals surface area contributed by atoms with Crippen molar-refractivity contribution in [3.8, 4) is 0 Å². The van der Waals surface area contributed by atoms with Crippen molar-refractivity contribution in [1.29, 1.82) is 0 Å². The standard InChI is InChI=1S/C25H31N5O2/c1-19-24(30-18-6-4-9-22(30)27-19)25(32)26-15-5-2-3-10-23(31)28-20-11-13-21(14-12-20)29-16-7-8-17-29/h4,6,9,11-14,18H,2-3,5,7-8,10,15-17H2,1H3,(H,26,32)(H,28,31). The highest BCUT2D eigenvalue weighted by molar-refractivity contribution is 5.94. The lowest BCUT2D eigenvalue weighted by Crippen LogP contribution is -2.26. The van der Waals surface area contributed by atoms with Gasteiger partial charge in [0.25, 0.3) is 5.91 Å². The molecule has 0 saturated carbocycles. The molecular weight excluding hydrogens is 402 g/mol. The number of carbonyl (C=O) groups is 2. The van der Waals surface area contributed by atoms with E-state index in [1.807, 2.05) is 47.9 Å². The molecule has 1 aliphatic rings. The Bertz CT molecular complexity index is 1070. The fraction of sp³-hybridized carbons (Fsp3) is 0.400. The van der Waals surface area contributed by atoms with E-state index in [4.69, 9.17) is 0 Å². The maximum Gasteiger partial charge on any atom is 0.270 e. The van der Waals surface area contributed by atoms with Crippen LogP contribution >= 0.6 is 0 Å². The van der Waals surface area contributed by atoms with Gasteiger partial charge >= 0.3 is 0 Å². The summed E-state index contributed by atoms with van der Waals surface area (Å²) in [6.07, 6.45) is 7.34. The van der Waals surface area contributed by atoms with Crippen LogP contribution in [0.15, 0.2) is 48.7 Å². The Morgan fingerprint density at radius 3 is 2.56 bits per heavy atom. The second-order valence-corrected chi connectivity index (χ2v) is 8.33. The van der Waals surface area contributed by atoms with Crippen LogP contribution in [-0.2, 0) is 4.79 Å². The summed E-state index contributed by atoms with van der Waals surface area (Å²) in [5.74, 6) is -0.0827. The topological polar surface area (TPSA) is 78.7 Å². The summed E-state index contributed by atoms with van der Waals surface area (Å²) in [6, 6.07) is 13.8. The van der Waals surface area contributed by atoms with E-state index >= 15 is 0 Å². The number of benzene rings is 1. The van der Waals surface area contributed by atoms with Crippen LogP contribution in [0.4, 0.5) is 11.4 Å². The van der Waals surface area contributed by atoms with Crippen LogP contribution in [0.25, 0.3) is 5.65 Å². The van der Waals surface area contributed by atoms with Gasteiger partial charge in [-0.1, -0.05) is 12.5 Å². The fourth-order valence-electron chi connectivity index (χ4n) is 4.21. The summed E-state index contributed by atoms with van der Waals surface area (Å²) >= 11 is 0. The summed E-state index contributed by atoms with van der Waals surface area (Å²) in [5.41, 5.74) is 4.14. The number of aromatic nitrogens is 2. The monoisotopic (exact) mass is 433 g/mol. The summed E-state index contributed by atoms with van der Waals surface area (Å²) < 4.78 is 1.81. The van der Waals surface area contributed by atoms with Crippen LogP contribution in [0.2, 0.25) is 0 Å². The lowest BCUT2D eigenvalue weighted by atomic mass is 10.1. The average molecular weight is 434 g/mol. The number of imidazole rings is 1. The van der Waals surface area contributed by atoms with Crippen molar-refractivity contribution >= 4 is 28.8 Å². The van der Waals surface area contributed by atoms with Crippen molar-refractivity contribution in [3.63, 3.8) is 0 Å². The molecule has 7 nitrogen and oxygen atoms in total. The molecule has 2 N–H and O–H groups in total. The normalized spacial score (nSPS) is 13.5. The van der Waals surface area contributed by atoms with Gasteiger partial charge in [-0.25, -0.2) is 4.98 Å². The molecule has 0 unspecified atom stereocenters. The third-order valence-electron chi connectivity index (χ3n) is 5.91. The van der Waals surface area contributed by atoms with Crippen molar-refractivity contribution < 1.29 is 9.59 Å². The molecule has 2 amide bonds. The number of anilines is 2. The summed E-state index contributed by atoms with van der Waals surface area (Å²) in [5, 5.41) is 5.94. The Morgan fingerprint density at radius 2 is 1.78 bits per heavy atom. The average Bonchev–Trinajstić information content (AvgIpc) is 3.44. The molecule has 0 atom stereocenters. The Morgan fingerprint density at radius 1 is 1.00 bits per heavy atom. The van der Waals surface area contributed by atoms with Gasteiger partial charge in [-0.3, -0.25) is 14.0 Å². The van der Waals surface area contributed by atoms with Crippen LogP contribution < -0.4 is 15.5 Å². The molecule has 168 valence electrons. The minimum Gasteiger partial charge on any atom is -0.372 e. The molecule has 1 aromatic carbocycles. The Hall–Kier alpha value is -3.35. The molecule has 0 aliphatic carbocycles. The summed E-state index contributed by atoms with van der Waals surface area (Å²) in [7, 11) is 0. The second kappa shape index (κ2) is 10.3. The zero-order chi connectivity index (χ0) is 22.3. The quantitative estimate of drug-likeness (QED) is 0.497. The van der Waals surface area contributed by atoms with Crippen molar-refractivity contribution in [1.82, 2.24) is 14.7 Å². The first-order chi connectivity index (χ1) is 15.6. The van der Waals surface area contributed by atoms with Gasteiger partial charge in [0.1, 0.15) is 11.3 Å². The Kier molecular flexibility index (Phi) is 7.04. The van der Waals surface area contributed by atoms with Gasteiger partial charge in [0.05, 0.1) is 5.69 Å². The lowest BCUT2D eigenvalue weighted by molar-refractivity contribution is -0.116. The lowest BCUT2D eigenvalue weighted by Gasteiger charge is -2.17. The van der Waals surface area contributed by atoms with E-state index in [0.717, 1.165) is 49.4 Å². The number of amides is 2. The zero-order valence-corrected chi connectivity index (χ0v) is 18.6. The van der Waals surface area contributed by atoms with Gasteiger partial charge in [-0.2, -0.15) is 0 Å². The molecule has 1 aliphatic heterocycles. The number of hydrogen-bond donors (Lipinski definition) is 2. The van der Waals surface area contributed by atoms with Gasteiger partial charge in [-0.05, 0) is 69.0 Å². The first kappa shape index (κ1) is 21.9. The first-order valence-corrected chi connectivity index (χ1v) is 11.5. The Balaban J connectivity index is 1.14. The first-order valence-electron chi connectivity index (χ1n) is 11.5. The number of nitrogens with zero attached hydrogens (tertiary/aromatic N) is 3. The van der Waals surface area contributed by atoms with Gasteiger partial charge in [0.2, 0.25) is 5.91 Å². The number of aryl methyl sites for hydroxylation is 1. The van der Waals surface area contributed by atoms with Crippen molar-refractivity contribution in [2.24, 2.45) is 0 Å². The van der Waals surface area contributed by atoms with Crippen molar-refractivity contribution in [2.45, 2.75) is 45.4 Å². The molecule has 1 fully saturated rings. The molecule has 3 aromatic rings. The minimum atomic E-state index is -0.115. The van der Waals surface area contributed by atoms with Crippen LogP contribution in [0, 0.1) is 6.92 Å². The highest BCUT2D eigenvalue weighted by Crippen LogP contribution is 2.22. The highest BCUT2D eigenvalue weighted by atomic mass is 16.2. The van der Waals surface area contributed by atoms with Gasteiger partial charge in [0, 0.05) is 43.6 Å². The SMILES string of the molecule is Cc1nc2ccccn2c1C(=O)NCCCCCC(=O)Nc1ccc(N2CCCC2)cc1. The van der Waals surface area contributed by atoms with E-state index in [1.165, 1.54) is 18.5 Å². The number of nitrogens with one attached hydrogen (secondary N) is 2. The maximum absolute atomic E-state index is 12.6. The number of fused-ring (bicyclic) bond motifs is 1. The van der Waals surface area contributed by atoms with E-state index in [0.29, 0.717) is 18.7 Å².